The second-order valence-corrected chi connectivity index (χ2v) is 1.17. The van der Waals surface area contributed by atoms with Gasteiger partial charge in [0.1, 0.15) is 0 Å². The van der Waals surface area contributed by atoms with Crippen LogP contribution < -0.4 is 11.1 Å². The highest BCUT2D eigenvalue weighted by Gasteiger charge is 1.94. The number of allylic oxidation sites excluding steroid dienone is 1. The molecule has 37 valence electrons. The molecular weight excluding hydrogens is 90.1 g/mol. The number of nitrogens with zero attached hydrogens (tertiary/aromatic N) is 1. The summed E-state index contributed by atoms with van der Waals surface area (Å²) in [6.45, 7) is 0. The fraction of sp³-hybridized carbons (Fsp3) is 0. The molecule has 1 heterocycles. The Morgan fingerprint density at radius 2 is 2.57 bits per heavy atom. The van der Waals surface area contributed by atoms with Crippen LogP contribution in [0.4, 0.5) is 0 Å². The summed E-state index contributed by atoms with van der Waals surface area (Å²) in [6.07, 6.45) is 5.58. The predicted octanol–water partition coefficient (Wildman–Crippen LogP) is -0.420. The van der Waals surface area contributed by atoms with Gasteiger partial charge in [0, 0.05) is 12.4 Å². The van der Waals surface area contributed by atoms with Crippen LogP contribution in [0.5, 0.6) is 0 Å². The largest absolute Gasteiger partial charge is 0.351 e. The van der Waals surface area contributed by atoms with Gasteiger partial charge in [-0.05, 0) is 6.08 Å². The van der Waals surface area contributed by atoms with E-state index in [0.29, 0.717) is 6.29 Å². The Kier molecular flexibility index (Phi) is 1.08. The van der Waals surface area contributed by atoms with Crippen LogP contribution in [0.2, 0.25) is 0 Å². The second kappa shape index (κ2) is 1.75. The first-order valence-corrected chi connectivity index (χ1v) is 1.98. The van der Waals surface area contributed by atoms with E-state index >= 15 is 0 Å². The third-order valence-corrected chi connectivity index (χ3v) is 0.627. The smallest absolute Gasteiger partial charge is 0.241 e. The van der Waals surface area contributed by atoms with Crippen molar-refractivity contribution in [1.82, 2.24) is 5.32 Å². The summed E-state index contributed by atoms with van der Waals surface area (Å²) >= 11 is 0. The topological polar surface area (TPSA) is 50.4 Å². The molecular formula is C4H6N3. The zero-order valence-corrected chi connectivity index (χ0v) is 3.76. The SMILES string of the molecule is N[C]1N=CC=CN1. The fourth-order valence-corrected chi connectivity index (χ4v) is 0.337. The molecule has 0 saturated heterocycles. The van der Waals surface area contributed by atoms with Gasteiger partial charge in [0.15, 0.2) is 0 Å². The maximum atomic E-state index is 5.19. The third kappa shape index (κ3) is 1.01. The van der Waals surface area contributed by atoms with Crippen molar-refractivity contribution in [1.29, 1.82) is 0 Å². The number of hydrogen-bond donors (Lipinski definition) is 2. The minimum atomic E-state index is 0.447. The zero-order chi connectivity index (χ0) is 5.11. The number of nitrogens with one attached hydrogen (secondary N) is 1. The van der Waals surface area contributed by atoms with Gasteiger partial charge in [-0.1, -0.05) is 0 Å². The van der Waals surface area contributed by atoms with E-state index in [1.807, 2.05) is 0 Å². The first kappa shape index (κ1) is 4.33. The summed E-state index contributed by atoms with van der Waals surface area (Å²) < 4.78 is 0. The van der Waals surface area contributed by atoms with Crippen LogP contribution in [0, 0.1) is 6.29 Å². The van der Waals surface area contributed by atoms with Crippen LogP contribution in [0.1, 0.15) is 0 Å². The van der Waals surface area contributed by atoms with Gasteiger partial charge in [-0.3, -0.25) is 5.73 Å². The Bertz CT molecular complexity index is 106. The quantitative estimate of drug-likeness (QED) is 0.430. The molecule has 0 aromatic rings. The van der Waals surface area contributed by atoms with Gasteiger partial charge in [0.25, 0.3) is 0 Å². The van der Waals surface area contributed by atoms with Crippen molar-refractivity contribution in [3.05, 3.63) is 18.6 Å². The van der Waals surface area contributed by atoms with Gasteiger partial charge in [-0.15, -0.1) is 0 Å². The molecule has 0 spiro atoms. The Hall–Kier alpha value is -0.830. The lowest BCUT2D eigenvalue weighted by atomic mass is 10.6. The zero-order valence-electron chi connectivity index (χ0n) is 3.76. The van der Waals surface area contributed by atoms with Crippen LogP contribution >= 0.6 is 0 Å². The summed E-state index contributed by atoms with van der Waals surface area (Å²) in [7, 11) is 0. The van der Waals surface area contributed by atoms with Crippen molar-refractivity contribution in [3.63, 3.8) is 0 Å². The van der Waals surface area contributed by atoms with Gasteiger partial charge in [-0.2, -0.15) is 0 Å². The van der Waals surface area contributed by atoms with E-state index in [9.17, 15) is 0 Å². The summed E-state index contributed by atoms with van der Waals surface area (Å²) in [5.74, 6) is 0. The minimum absolute atomic E-state index is 0.447. The average Bonchev–Trinajstić information content (AvgIpc) is 1.69. The summed E-state index contributed by atoms with van der Waals surface area (Å²) in [5, 5.41) is 2.70. The van der Waals surface area contributed by atoms with Gasteiger partial charge in [-0.25, -0.2) is 4.99 Å². The van der Waals surface area contributed by atoms with Crippen molar-refractivity contribution in [2.24, 2.45) is 10.7 Å². The van der Waals surface area contributed by atoms with Crippen LogP contribution in [0.25, 0.3) is 0 Å². The highest BCUT2D eigenvalue weighted by atomic mass is 15.2. The van der Waals surface area contributed by atoms with Crippen LogP contribution in [-0.2, 0) is 0 Å². The van der Waals surface area contributed by atoms with Crippen LogP contribution in [-0.4, -0.2) is 6.21 Å². The molecule has 0 fully saturated rings. The molecule has 3 heteroatoms. The molecule has 0 bridgehead atoms. The lowest BCUT2D eigenvalue weighted by molar-refractivity contribution is 0.813. The van der Waals surface area contributed by atoms with Crippen molar-refractivity contribution in [2.45, 2.75) is 0 Å². The van der Waals surface area contributed by atoms with Crippen LogP contribution in [0.3, 0.4) is 0 Å². The van der Waals surface area contributed by atoms with E-state index < -0.39 is 0 Å². The molecule has 0 unspecified atom stereocenters. The molecule has 0 aliphatic carbocycles. The molecule has 3 nitrogen and oxygen atoms in total. The van der Waals surface area contributed by atoms with Gasteiger partial charge in [0.05, 0.1) is 0 Å². The lowest BCUT2D eigenvalue weighted by Crippen LogP contribution is -2.23. The van der Waals surface area contributed by atoms with Crippen molar-refractivity contribution >= 4 is 6.21 Å². The first-order valence-electron chi connectivity index (χ1n) is 1.98. The Morgan fingerprint density at radius 1 is 1.71 bits per heavy atom. The van der Waals surface area contributed by atoms with E-state index in [2.05, 4.69) is 10.3 Å². The molecule has 7 heavy (non-hydrogen) atoms. The summed E-state index contributed by atoms with van der Waals surface area (Å²) in [5.41, 5.74) is 5.19. The average molecular weight is 96.1 g/mol. The second-order valence-electron chi connectivity index (χ2n) is 1.17. The van der Waals surface area contributed by atoms with Crippen molar-refractivity contribution in [3.8, 4) is 0 Å². The van der Waals surface area contributed by atoms with Crippen molar-refractivity contribution in [2.75, 3.05) is 0 Å². The van der Waals surface area contributed by atoms with Gasteiger partial charge in [0.2, 0.25) is 6.29 Å². The molecule has 3 N–H and O–H groups in total. The molecule has 1 rings (SSSR count). The Balaban J connectivity index is 2.49. The minimum Gasteiger partial charge on any atom is -0.351 e. The van der Waals surface area contributed by atoms with E-state index in [1.165, 1.54) is 0 Å². The summed E-state index contributed by atoms with van der Waals surface area (Å²) in [4.78, 5) is 3.70. The fourth-order valence-electron chi connectivity index (χ4n) is 0.337. The van der Waals surface area contributed by atoms with E-state index in [4.69, 9.17) is 5.73 Å². The number of hydrogen-bond acceptors (Lipinski definition) is 3. The molecule has 0 saturated carbocycles. The Morgan fingerprint density at radius 3 is 2.86 bits per heavy atom. The molecule has 1 aliphatic rings. The van der Waals surface area contributed by atoms with Crippen molar-refractivity contribution < 1.29 is 0 Å². The number of nitrogens with two attached hydrogens (primary N) is 1. The number of aliphatic imine (C=N–C) groups is 1. The highest BCUT2D eigenvalue weighted by Crippen LogP contribution is 1.87. The molecule has 0 aromatic heterocycles. The van der Waals surface area contributed by atoms with E-state index in [1.54, 1.807) is 18.5 Å². The standard InChI is InChI=1S/C4H6N3/c5-4-6-2-1-3-7-4/h1-3,6H,5H2. The molecule has 1 radical (unpaired) electrons. The summed E-state index contributed by atoms with van der Waals surface area (Å²) in [6, 6.07) is 0. The number of rotatable bonds is 0. The van der Waals surface area contributed by atoms with E-state index in [0.717, 1.165) is 0 Å². The van der Waals surface area contributed by atoms with Crippen LogP contribution in [0.15, 0.2) is 17.3 Å². The molecule has 1 aliphatic heterocycles. The monoisotopic (exact) mass is 96.1 g/mol. The molecule has 0 amide bonds. The van der Waals surface area contributed by atoms with Gasteiger partial charge < -0.3 is 5.32 Å². The van der Waals surface area contributed by atoms with Gasteiger partial charge >= 0.3 is 0 Å². The maximum absolute atomic E-state index is 5.19. The third-order valence-electron chi connectivity index (χ3n) is 0.627. The molecule has 0 atom stereocenters. The Labute approximate surface area is 41.9 Å². The highest BCUT2D eigenvalue weighted by molar-refractivity contribution is 5.72. The maximum Gasteiger partial charge on any atom is 0.241 e. The molecule has 0 aromatic carbocycles. The normalized spacial score (nSPS) is 19.6. The first-order chi connectivity index (χ1) is 3.39. The predicted molar refractivity (Wildman–Crippen MR) is 28.2 cm³/mol. The van der Waals surface area contributed by atoms with E-state index in [-0.39, 0.29) is 0 Å². The lowest BCUT2D eigenvalue weighted by Gasteiger charge is -2.04.